The molecule has 0 aromatic rings. The lowest BCUT2D eigenvalue weighted by Gasteiger charge is -2.07. The summed E-state index contributed by atoms with van der Waals surface area (Å²) in [5.74, 6) is -0.733. The van der Waals surface area contributed by atoms with Gasteiger partial charge in [0, 0.05) is 5.57 Å². The summed E-state index contributed by atoms with van der Waals surface area (Å²) in [6.45, 7) is 4.88. The maximum atomic E-state index is 10.9. The minimum Gasteiger partial charge on any atom is -0.308 e. The van der Waals surface area contributed by atoms with Crippen LogP contribution in [-0.2, 0) is 9.36 Å². The molecule has 0 rings (SSSR count). The summed E-state index contributed by atoms with van der Waals surface area (Å²) in [7, 11) is -4.45. The van der Waals surface area contributed by atoms with E-state index in [1.54, 1.807) is 18.9 Å². The van der Waals surface area contributed by atoms with E-state index in [0.717, 1.165) is 5.57 Å². The van der Waals surface area contributed by atoms with Crippen molar-refractivity contribution in [2.24, 2.45) is 0 Å². The molecule has 0 spiro atoms. The smallest absolute Gasteiger partial charge is 0.308 e. The predicted octanol–water partition coefficient (Wildman–Crippen LogP) is 0.552. The van der Waals surface area contributed by atoms with E-state index in [1.807, 2.05) is 0 Å². The van der Waals surface area contributed by atoms with Crippen molar-refractivity contribution in [1.82, 2.24) is 5.09 Å². The second kappa shape index (κ2) is 3.85. The molecule has 0 aliphatic heterocycles. The van der Waals surface area contributed by atoms with Gasteiger partial charge in [-0.1, -0.05) is 5.57 Å². The monoisotopic (exact) mass is 193 g/mol. The summed E-state index contributed by atoms with van der Waals surface area (Å²) in [5, 5.41) is 1.57. The van der Waals surface area contributed by atoms with Crippen molar-refractivity contribution >= 4 is 13.7 Å². The molecule has 0 saturated heterocycles. The first-order valence-corrected chi connectivity index (χ1v) is 4.87. The highest BCUT2D eigenvalue weighted by atomic mass is 31.2. The highest BCUT2D eigenvalue weighted by Crippen LogP contribution is 2.28. The van der Waals surface area contributed by atoms with Gasteiger partial charge >= 0.3 is 7.75 Å². The molecule has 1 amide bonds. The lowest BCUT2D eigenvalue weighted by atomic mass is 10.2. The van der Waals surface area contributed by atoms with Gasteiger partial charge in [0.1, 0.15) is 0 Å². The Morgan fingerprint density at radius 2 is 1.67 bits per heavy atom. The van der Waals surface area contributed by atoms with Crippen molar-refractivity contribution in [2.75, 3.05) is 0 Å². The first-order valence-electron chi connectivity index (χ1n) is 3.26. The van der Waals surface area contributed by atoms with Crippen molar-refractivity contribution in [3.05, 3.63) is 11.1 Å². The molecule has 0 aliphatic carbocycles. The third-order valence-corrected chi connectivity index (χ3v) is 1.83. The molecule has 5 nitrogen and oxygen atoms in total. The molecule has 0 atom stereocenters. The Morgan fingerprint density at radius 1 is 1.25 bits per heavy atom. The van der Waals surface area contributed by atoms with Gasteiger partial charge in [-0.2, -0.15) is 0 Å². The van der Waals surface area contributed by atoms with Crippen LogP contribution < -0.4 is 5.09 Å². The van der Waals surface area contributed by atoms with Crippen LogP contribution >= 0.6 is 7.75 Å². The summed E-state index contributed by atoms with van der Waals surface area (Å²) < 4.78 is 10.3. The van der Waals surface area contributed by atoms with Crippen molar-refractivity contribution < 1.29 is 19.1 Å². The zero-order valence-electron chi connectivity index (χ0n) is 7.16. The van der Waals surface area contributed by atoms with Crippen LogP contribution in [0.15, 0.2) is 11.1 Å². The van der Waals surface area contributed by atoms with Gasteiger partial charge in [-0.05, 0) is 20.8 Å². The molecule has 0 aliphatic rings. The molecule has 0 radical (unpaired) electrons. The number of hydrogen-bond acceptors (Lipinski definition) is 2. The third kappa shape index (κ3) is 4.28. The molecule has 70 valence electrons. The van der Waals surface area contributed by atoms with Crippen LogP contribution in [0, 0.1) is 0 Å². The van der Waals surface area contributed by atoms with Crippen molar-refractivity contribution in [3.63, 3.8) is 0 Å². The Morgan fingerprint density at radius 3 is 1.92 bits per heavy atom. The Labute approximate surface area is 70.7 Å². The van der Waals surface area contributed by atoms with Gasteiger partial charge in [-0.3, -0.25) is 9.88 Å². The second-order valence-electron chi connectivity index (χ2n) is 2.61. The Balaban J connectivity index is 4.47. The number of nitrogens with one attached hydrogen (secondary N) is 1. The maximum absolute atomic E-state index is 10.9. The van der Waals surface area contributed by atoms with Gasteiger partial charge in [-0.25, -0.2) is 4.57 Å². The van der Waals surface area contributed by atoms with Gasteiger partial charge in [0.05, 0.1) is 0 Å². The summed E-state index contributed by atoms with van der Waals surface area (Å²) >= 11 is 0. The van der Waals surface area contributed by atoms with Crippen molar-refractivity contribution in [1.29, 1.82) is 0 Å². The molecule has 12 heavy (non-hydrogen) atoms. The fourth-order valence-electron chi connectivity index (χ4n) is 0.443. The van der Waals surface area contributed by atoms with Crippen LogP contribution in [-0.4, -0.2) is 15.7 Å². The standard InChI is InChI=1S/C6H12NO4P/c1-4(2)5(3)6(8)7-12(9,10)11/h1-3H3,(H3,7,8,9,10,11). The third-order valence-electron chi connectivity index (χ3n) is 1.34. The van der Waals surface area contributed by atoms with Gasteiger partial charge in [-0.15, -0.1) is 0 Å². The van der Waals surface area contributed by atoms with E-state index in [9.17, 15) is 9.36 Å². The molecule has 0 bridgehead atoms. The molecule has 3 N–H and O–H groups in total. The molecule has 6 heteroatoms. The SMILES string of the molecule is CC(C)=C(C)C(=O)NP(=O)(O)O. The first-order chi connectivity index (χ1) is 5.24. The predicted molar refractivity (Wildman–Crippen MR) is 44.2 cm³/mol. The summed E-state index contributed by atoms with van der Waals surface area (Å²) in [4.78, 5) is 27.7. The quantitative estimate of drug-likeness (QED) is 0.441. The van der Waals surface area contributed by atoms with Crippen LogP contribution in [0.25, 0.3) is 0 Å². The normalized spacial score (nSPS) is 10.8. The van der Waals surface area contributed by atoms with E-state index in [0.29, 0.717) is 5.57 Å². The van der Waals surface area contributed by atoms with Crippen molar-refractivity contribution in [3.8, 4) is 0 Å². The van der Waals surface area contributed by atoms with Gasteiger partial charge in [0.25, 0.3) is 5.91 Å². The van der Waals surface area contributed by atoms with Crippen LogP contribution in [0.2, 0.25) is 0 Å². The van der Waals surface area contributed by atoms with Crippen LogP contribution in [0.1, 0.15) is 20.8 Å². The minimum atomic E-state index is -4.45. The number of allylic oxidation sites excluding steroid dienone is 1. The summed E-state index contributed by atoms with van der Waals surface area (Å²) in [6.07, 6.45) is 0. The Hall–Kier alpha value is -0.640. The molecule has 0 heterocycles. The number of hydrogen-bond donors (Lipinski definition) is 3. The number of rotatable bonds is 2. The van der Waals surface area contributed by atoms with Crippen LogP contribution in [0.4, 0.5) is 0 Å². The van der Waals surface area contributed by atoms with E-state index < -0.39 is 13.7 Å². The van der Waals surface area contributed by atoms with E-state index >= 15 is 0 Å². The highest BCUT2D eigenvalue weighted by Gasteiger charge is 2.17. The first kappa shape index (κ1) is 11.4. The number of amides is 1. The Bertz CT molecular complexity index is 261. The van der Waals surface area contributed by atoms with Gasteiger partial charge in [0.2, 0.25) is 0 Å². The molecule has 0 unspecified atom stereocenters. The van der Waals surface area contributed by atoms with Crippen LogP contribution in [0.5, 0.6) is 0 Å². The van der Waals surface area contributed by atoms with E-state index in [-0.39, 0.29) is 0 Å². The lowest BCUT2D eigenvalue weighted by Crippen LogP contribution is -2.21. The number of carbonyl (C=O) groups is 1. The Kier molecular flexibility index (Phi) is 3.64. The molecular formula is C6H12NO4P. The molecule has 0 fully saturated rings. The lowest BCUT2D eigenvalue weighted by molar-refractivity contribution is -0.116. The topological polar surface area (TPSA) is 86.6 Å². The zero-order valence-corrected chi connectivity index (χ0v) is 8.05. The molecule has 0 aromatic heterocycles. The van der Waals surface area contributed by atoms with E-state index in [2.05, 4.69) is 0 Å². The fourth-order valence-corrected chi connectivity index (χ4v) is 0.875. The summed E-state index contributed by atoms with van der Waals surface area (Å²) in [5.41, 5.74) is 1.04. The summed E-state index contributed by atoms with van der Waals surface area (Å²) in [6, 6.07) is 0. The fraction of sp³-hybridized carbons (Fsp3) is 0.500. The maximum Gasteiger partial charge on any atom is 0.429 e. The average molecular weight is 193 g/mol. The highest BCUT2D eigenvalue weighted by molar-refractivity contribution is 7.50. The molecular weight excluding hydrogens is 181 g/mol. The van der Waals surface area contributed by atoms with Crippen LogP contribution in [0.3, 0.4) is 0 Å². The minimum absolute atomic E-state index is 0.318. The molecule has 0 saturated carbocycles. The van der Waals surface area contributed by atoms with Gasteiger partial charge < -0.3 is 9.79 Å². The van der Waals surface area contributed by atoms with Crippen molar-refractivity contribution in [2.45, 2.75) is 20.8 Å². The largest absolute Gasteiger partial charge is 0.429 e. The number of carbonyl (C=O) groups excluding carboxylic acids is 1. The van der Waals surface area contributed by atoms with Gasteiger partial charge in [0.15, 0.2) is 0 Å². The second-order valence-corrected chi connectivity index (χ2v) is 3.92. The average Bonchev–Trinajstić information content (AvgIpc) is 1.82. The van der Waals surface area contributed by atoms with E-state index in [4.69, 9.17) is 9.79 Å². The zero-order chi connectivity index (χ0) is 9.94. The van der Waals surface area contributed by atoms with E-state index in [1.165, 1.54) is 6.92 Å². The molecule has 0 aromatic carbocycles.